The second kappa shape index (κ2) is 7.22. The zero-order valence-corrected chi connectivity index (χ0v) is 16.8. The summed E-state index contributed by atoms with van der Waals surface area (Å²) in [5.74, 6) is 1.17. The number of carbonyl (C=O) groups excluding carboxylic acids is 1. The molecular weight excluding hydrogens is 395 g/mol. The number of nitrogens with zero attached hydrogens (tertiary/aromatic N) is 2. The normalized spacial score (nSPS) is 31.1. The van der Waals surface area contributed by atoms with Crippen LogP contribution in [0, 0.1) is 29.5 Å². The number of primary amides is 1. The molecule has 1 aromatic carbocycles. The number of hydrogen-bond acceptors (Lipinski definition) is 6. The minimum absolute atomic E-state index is 0.0485. The van der Waals surface area contributed by atoms with Crippen molar-refractivity contribution in [2.75, 3.05) is 5.32 Å². The highest BCUT2D eigenvalue weighted by Gasteiger charge is 2.54. The molecular formula is C20H21FN4OS2. The molecule has 2 fully saturated rings. The summed E-state index contributed by atoms with van der Waals surface area (Å²) in [7, 11) is 3.77. The van der Waals surface area contributed by atoms with Crippen molar-refractivity contribution in [3.05, 3.63) is 47.5 Å². The number of amides is 1. The molecule has 146 valence electrons. The van der Waals surface area contributed by atoms with E-state index in [0.717, 1.165) is 24.3 Å². The minimum atomic E-state index is -0.420. The average Bonchev–Trinajstić information content (AvgIpc) is 3.22. The van der Waals surface area contributed by atoms with Crippen LogP contribution in [0.25, 0.3) is 0 Å². The van der Waals surface area contributed by atoms with Crippen LogP contribution in [-0.4, -0.2) is 21.1 Å². The van der Waals surface area contributed by atoms with Crippen molar-refractivity contribution in [2.45, 2.75) is 30.3 Å². The van der Waals surface area contributed by atoms with Gasteiger partial charge in [-0.1, -0.05) is 33.7 Å². The molecule has 3 aliphatic rings. The quantitative estimate of drug-likeness (QED) is 0.686. The highest BCUT2D eigenvalue weighted by Crippen LogP contribution is 2.58. The van der Waals surface area contributed by atoms with E-state index in [4.69, 9.17) is 5.73 Å². The summed E-state index contributed by atoms with van der Waals surface area (Å²) in [5.41, 5.74) is 8.22. The van der Waals surface area contributed by atoms with Gasteiger partial charge in [0, 0.05) is 22.6 Å². The Hall–Kier alpha value is -1.80. The predicted octanol–water partition coefficient (Wildman–Crippen LogP) is 3.92. The molecule has 3 N–H and O–H groups in total. The number of fused-ring (bicyclic) bond motifs is 5. The van der Waals surface area contributed by atoms with Gasteiger partial charge < -0.3 is 11.1 Å². The van der Waals surface area contributed by atoms with E-state index >= 15 is 0 Å². The van der Waals surface area contributed by atoms with Crippen molar-refractivity contribution in [3.63, 3.8) is 0 Å². The summed E-state index contributed by atoms with van der Waals surface area (Å²) in [5, 5.41) is 3.66. The number of benzene rings is 1. The fraction of sp³-hybridized carbons (Fsp3) is 0.450. The van der Waals surface area contributed by atoms with Gasteiger partial charge in [-0.15, -0.1) is 0 Å². The molecule has 0 unspecified atom stereocenters. The lowest BCUT2D eigenvalue weighted by molar-refractivity contribution is -0.125. The third-order valence-corrected chi connectivity index (χ3v) is 9.16. The molecule has 2 aliphatic carbocycles. The standard InChI is InChI=1S/C20H21FN4OS2/c21-15-8-23-20-24-12-3-1-2-10(4-12)9-27-28-17-6-11-5-13(17)14(7-16(15)25-20)18(11)19(22)26/h1-4,8,11,13-14,17-18H,5-7,9H2,(H2,22,26)(H,23,24,25)/t11-,13+,14-,17-,18+/m1/s1. The van der Waals surface area contributed by atoms with Crippen molar-refractivity contribution in [2.24, 2.45) is 29.4 Å². The summed E-state index contributed by atoms with van der Waals surface area (Å²) < 4.78 is 14.5. The second-order valence-corrected chi connectivity index (χ2v) is 10.5. The highest BCUT2D eigenvalue weighted by molar-refractivity contribution is 8.76. The van der Waals surface area contributed by atoms with Gasteiger partial charge in [0.15, 0.2) is 5.82 Å². The molecule has 28 heavy (non-hydrogen) atoms. The van der Waals surface area contributed by atoms with E-state index in [2.05, 4.69) is 27.4 Å². The number of aromatic nitrogens is 2. The smallest absolute Gasteiger partial charge is 0.227 e. The summed E-state index contributed by atoms with van der Waals surface area (Å²) in [6.07, 6.45) is 3.67. The Bertz CT molecular complexity index is 927. The van der Waals surface area contributed by atoms with E-state index in [1.54, 1.807) is 0 Å². The molecule has 2 aromatic rings. The Balaban J connectivity index is 1.54. The summed E-state index contributed by atoms with van der Waals surface area (Å²) in [6, 6.07) is 8.14. The molecule has 2 saturated carbocycles. The number of hydrogen-bond donors (Lipinski definition) is 2. The van der Waals surface area contributed by atoms with Crippen LogP contribution < -0.4 is 11.1 Å². The van der Waals surface area contributed by atoms with Crippen LogP contribution >= 0.6 is 21.6 Å². The van der Waals surface area contributed by atoms with Gasteiger partial charge >= 0.3 is 0 Å². The van der Waals surface area contributed by atoms with Crippen LogP contribution in [-0.2, 0) is 17.0 Å². The van der Waals surface area contributed by atoms with Gasteiger partial charge in [0.05, 0.1) is 11.9 Å². The van der Waals surface area contributed by atoms with Gasteiger partial charge in [-0.25, -0.2) is 14.4 Å². The lowest BCUT2D eigenvalue weighted by atomic mass is 9.76. The maximum atomic E-state index is 14.5. The van der Waals surface area contributed by atoms with Crippen molar-refractivity contribution >= 4 is 39.1 Å². The van der Waals surface area contributed by atoms with Gasteiger partial charge in [0.2, 0.25) is 11.9 Å². The minimum Gasteiger partial charge on any atom is -0.369 e. The topological polar surface area (TPSA) is 80.9 Å². The fourth-order valence-corrected chi connectivity index (χ4v) is 8.29. The molecule has 5 nitrogen and oxygen atoms in total. The van der Waals surface area contributed by atoms with Crippen LogP contribution in [0.3, 0.4) is 0 Å². The summed E-state index contributed by atoms with van der Waals surface area (Å²) >= 11 is 0. The number of halogens is 1. The van der Waals surface area contributed by atoms with E-state index < -0.39 is 5.82 Å². The molecule has 8 heteroatoms. The van der Waals surface area contributed by atoms with Gasteiger partial charge in [0.1, 0.15) is 0 Å². The second-order valence-electron chi connectivity index (χ2n) is 7.90. The van der Waals surface area contributed by atoms with Crippen LogP contribution in [0.15, 0.2) is 30.5 Å². The fourth-order valence-electron chi connectivity index (χ4n) is 5.15. The van der Waals surface area contributed by atoms with Gasteiger partial charge in [-0.05, 0) is 54.7 Å². The molecule has 5 rings (SSSR count). The SMILES string of the molecule is NC(=O)[C@H]1[C@@H]2C[C@H]3[C@H]1Cc1nc(ncc1F)Nc1cccc(c1)CSS[C@@H]3C2. The highest BCUT2D eigenvalue weighted by atomic mass is 33.1. The first-order chi connectivity index (χ1) is 13.6. The van der Waals surface area contributed by atoms with E-state index in [9.17, 15) is 9.18 Å². The molecule has 0 spiro atoms. The van der Waals surface area contributed by atoms with Gasteiger partial charge in [-0.3, -0.25) is 4.79 Å². The first-order valence-corrected chi connectivity index (χ1v) is 11.9. The molecule has 1 aromatic heterocycles. The number of nitrogens with two attached hydrogens (primary N) is 1. The molecule has 6 bridgehead atoms. The number of nitrogens with one attached hydrogen (secondary N) is 1. The third kappa shape index (κ3) is 3.26. The van der Waals surface area contributed by atoms with Crippen molar-refractivity contribution in [3.8, 4) is 0 Å². The van der Waals surface area contributed by atoms with E-state index in [1.807, 2.05) is 33.7 Å². The maximum Gasteiger partial charge on any atom is 0.227 e. The number of carbonyl (C=O) groups is 1. The first-order valence-electron chi connectivity index (χ1n) is 9.53. The Kier molecular flexibility index (Phi) is 4.71. The van der Waals surface area contributed by atoms with Crippen molar-refractivity contribution in [1.82, 2.24) is 9.97 Å². The van der Waals surface area contributed by atoms with E-state index in [1.165, 1.54) is 11.8 Å². The lowest BCUT2D eigenvalue weighted by Gasteiger charge is -2.33. The number of anilines is 2. The summed E-state index contributed by atoms with van der Waals surface area (Å²) in [4.78, 5) is 20.7. The monoisotopic (exact) mass is 416 g/mol. The molecule has 1 aliphatic heterocycles. The molecule has 0 radical (unpaired) electrons. The Morgan fingerprint density at radius 3 is 3.04 bits per heavy atom. The summed E-state index contributed by atoms with van der Waals surface area (Å²) in [6.45, 7) is 0. The van der Waals surface area contributed by atoms with Crippen LogP contribution in [0.1, 0.15) is 24.1 Å². The van der Waals surface area contributed by atoms with Crippen molar-refractivity contribution in [1.29, 1.82) is 0 Å². The van der Waals surface area contributed by atoms with E-state index in [0.29, 0.717) is 35.1 Å². The Morgan fingerprint density at radius 1 is 1.29 bits per heavy atom. The third-order valence-electron chi connectivity index (χ3n) is 6.28. The first kappa shape index (κ1) is 18.2. The zero-order valence-electron chi connectivity index (χ0n) is 15.2. The van der Waals surface area contributed by atoms with Crippen LogP contribution in [0.2, 0.25) is 0 Å². The zero-order chi connectivity index (χ0) is 19.3. The molecule has 5 atom stereocenters. The largest absolute Gasteiger partial charge is 0.369 e. The Labute approximate surface area is 170 Å². The molecule has 0 saturated heterocycles. The average molecular weight is 417 g/mol. The van der Waals surface area contributed by atoms with Gasteiger partial charge in [-0.2, -0.15) is 0 Å². The van der Waals surface area contributed by atoms with Crippen LogP contribution in [0.4, 0.5) is 16.0 Å². The van der Waals surface area contributed by atoms with Crippen molar-refractivity contribution < 1.29 is 9.18 Å². The predicted molar refractivity (Wildman–Crippen MR) is 110 cm³/mol. The molecule has 1 amide bonds. The maximum absolute atomic E-state index is 14.5. The van der Waals surface area contributed by atoms with Gasteiger partial charge in [0.25, 0.3) is 0 Å². The Morgan fingerprint density at radius 2 is 2.18 bits per heavy atom. The molecule has 2 heterocycles. The van der Waals surface area contributed by atoms with Crippen LogP contribution in [0.5, 0.6) is 0 Å². The lowest BCUT2D eigenvalue weighted by Crippen LogP contribution is -2.39. The van der Waals surface area contributed by atoms with E-state index in [-0.39, 0.29) is 17.7 Å². The number of rotatable bonds is 1.